The molecule has 1 fully saturated rings. The van der Waals surface area contributed by atoms with Crippen LogP contribution < -0.4 is 0 Å². The van der Waals surface area contributed by atoms with Gasteiger partial charge < -0.3 is 4.74 Å². The van der Waals surface area contributed by atoms with Gasteiger partial charge in [-0.05, 0) is 11.6 Å². The van der Waals surface area contributed by atoms with Crippen molar-refractivity contribution >= 4 is 23.2 Å². The minimum Gasteiger partial charge on any atom is -0.373 e. The second-order valence-corrected chi connectivity index (χ2v) is 3.55. The summed E-state index contributed by atoms with van der Waals surface area (Å²) in [5.41, 5.74) is 1.00. The number of hydrogen-bond acceptors (Lipinski definition) is 2. The molecule has 1 saturated heterocycles. The van der Waals surface area contributed by atoms with Crippen LogP contribution in [-0.2, 0) is 11.2 Å². The number of nitrogens with zero attached hydrogens (tertiary/aromatic N) is 1. The Morgan fingerprint density at radius 2 is 2.33 bits per heavy atom. The molecule has 1 aromatic heterocycles. The van der Waals surface area contributed by atoms with Gasteiger partial charge in [0.25, 0.3) is 0 Å². The van der Waals surface area contributed by atoms with E-state index in [4.69, 9.17) is 27.9 Å². The molecule has 1 unspecified atom stereocenters. The molecule has 0 radical (unpaired) electrons. The van der Waals surface area contributed by atoms with E-state index in [0.29, 0.717) is 16.3 Å². The van der Waals surface area contributed by atoms with Gasteiger partial charge in [-0.3, -0.25) is 0 Å². The molecule has 2 rings (SSSR count). The first-order valence-electron chi connectivity index (χ1n) is 3.67. The molecule has 2 heterocycles. The van der Waals surface area contributed by atoms with Crippen LogP contribution in [0.1, 0.15) is 5.56 Å². The van der Waals surface area contributed by atoms with Crippen molar-refractivity contribution in [2.24, 2.45) is 0 Å². The molecule has 4 heteroatoms. The first-order chi connectivity index (χ1) is 5.75. The summed E-state index contributed by atoms with van der Waals surface area (Å²) < 4.78 is 5.08. The summed E-state index contributed by atoms with van der Waals surface area (Å²) in [6.07, 6.45) is 2.88. The van der Waals surface area contributed by atoms with Gasteiger partial charge in [0.1, 0.15) is 5.15 Å². The van der Waals surface area contributed by atoms with Crippen LogP contribution in [0.3, 0.4) is 0 Å². The minimum absolute atomic E-state index is 0.338. The van der Waals surface area contributed by atoms with E-state index in [1.807, 2.05) is 0 Å². The molecule has 0 aliphatic carbocycles. The zero-order valence-corrected chi connectivity index (χ0v) is 7.77. The standard InChI is InChI=1S/C8H7Cl2NO/c9-7-2-8(10)11-3-5(7)1-6-4-12-6/h2-3,6H,1,4H2. The summed E-state index contributed by atoms with van der Waals surface area (Å²) in [5.74, 6) is 0. The van der Waals surface area contributed by atoms with E-state index in [9.17, 15) is 0 Å². The van der Waals surface area contributed by atoms with Crippen LogP contribution >= 0.6 is 23.2 Å². The average molecular weight is 204 g/mol. The Labute approximate surface area is 80.5 Å². The normalized spacial score (nSPS) is 21.0. The van der Waals surface area contributed by atoms with E-state index in [-0.39, 0.29) is 0 Å². The van der Waals surface area contributed by atoms with Crippen LogP contribution in [-0.4, -0.2) is 17.7 Å². The summed E-state index contributed by atoms with van der Waals surface area (Å²) in [6.45, 7) is 0.832. The van der Waals surface area contributed by atoms with Gasteiger partial charge in [-0.1, -0.05) is 23.2 Å². The molecule has 0 aromatic carbocycles. The molecule has 1 aromatic rings. The first-order valence-corrected chi connectivity index (χ1v) is 4.43. The maximum absolute atomic E-state index is 5.92. The lowest BCUT2D eigenvalue weighted by atomic mass is 10.2. The molecule has 0 N–H and O–H groups in total. The Morgan fingerprint density at radius 1 is 1.58 bits per heavy atom. The SMILES string of the molecule is Clc1cc(Cl)c(CC2CO2)cn1. The predicted molar refractivity (Wildman–Crippen MR) is 47.7 cm³/mol. The molecule has 12 heavy (non-hydrogen) atoms. The third-order valence-corrected chi connectivity index (χ3v) is 2.30. The summed E-state index contributed by atoms with van der Waals surface area (Å²) in [6, 6.07) is 1.65. The largest absolute Gasteiger partial charge is 0.373 e. The van der Waals surface area contributed by atoms with E-state index in [1.54, 1.807) is 12.3 Å². The van der Waals surface area contributed by atoms with Crippen LogP contribution in [0.4, 0.5) is 0 Å². The zero-order chi connectivity index (χ0) is 8.55. The van der Waals surface area contributed by atoms with Gasteiger partial charge in [0.05, 0.1) is 12.7 Å². The van der Waals surface area contributed by atoms with Crippen LogP contribution in [0.25, 0.3) is 0 Å². The lowest BCUT2D eigenvalue weighted by molar-refractivity contribution is 0.407. The highest BCUT2D eigenvalue weighted by Crippen LogP contribution is 2.23. The van der Waals surface area contributed by atoms with Gasteiger partial charge in [-0.25, -0.2) is 4.98 Å². The Kier molecular flexibility index (Phi) is 2.22. The van der Waals surface area contributed by atoms with Gasteiger partial charge in [0, 0.05) is 17.6 Å². The molecule has 1 atom stereocenters. The Bertz CT molecular complexity index is 299. The monoisotopic (exact) mass is 203 g/mol. The van der Waals surface area contributed by atoms with Crippen molar-refractivity contribution in [2.75, 3.05) is 6.61 Å². The second kappa shape index (κ2) is 3.21. The van der Waals surface area contributed by atoms with Gasteiger partial charge >= 0.3 is 0 Å². The van der Waals surface area contributed by atoms with Gasteiger partial charge in [0.15, 0.2) is 0 Å². The lowest BCUT2D eigenvalue weighted by Gasteiger charge is -2.00. The number of halogens is 2. The number of hydrogen-bond donors (Lipinski definition) is 0. The number of pyridine rings is 1. The number of epoxide rings is 1. The fraction of sp³-hybridized carbons (Fsp3) is 0.375. The summed E-state index contributed by atoms with van der Waals surface area (Å²) >= 11 is 11.6. The summed E-state index contributed by atoms with van der Waals surface area (Å²) in [5, 5.41) is 1.10. The topological polar surface area (TPSA) is 25.4 Å². The van der Waals surface area contributed by atoms with Gasteiger partial charge in [0.2, 0.25) is 0 Å². The highest BCUT2D eigenvalue weighted by atomic mass is 35.5. The van der Waals surface area contributed by atoms with Gasteiger partial charge in [-0.2, -0.15) is 0 Å². The van der Waals surface area contributed by atoms with Crippen LogP contribution in [0.5, 0.6) is 0 Å². The molecular formula is C8H7Cl2NO. The molecule has 2 nitrogen and oxygen atoms in total. The lowest BCUT2D eigenvalue weighted by Crippen LogP contribution is -1.94. The Balaban J connectivity index is 2.18. The fourth-order valence-corrected chi connectivity index (χ4v) is 1.46. The summed E-state index contributed by atoms with van der Waals surface area (Å²) in [7, 11) is 0. The highest BCUT2D eigenvalue weighted by Gasteiger charge is 2.23. The zero-order valence-electron chi connectivity index (χ0n) is 6.26. The van der Waals surface area contributed by atoms with Gasteiger partial charge in [-0.15, -0.1) is 0 Å². The number of aromatic nitrogens is 1. The third kappa shape index (κ3) is 1.89. The number of ether oxygens (including phenoxy) is 1. The van der Waals surface area contributed by atoms with Crippen molar-refractivity contribution in [3.8, 4) is 0 Å². The molecule has 0 amide bonds. The molecular weight excluding hydrogens is 197 g/mol. The van der Waals surface area contributed by atoms with E-state index in [1.165, 1.54) is 0 Å². The van der Waals surface area contributed by atoms with Crippen LogP contribution in [0, 0.1) is 0 Å². The quantitative estimate of drug-likeness (QED) is 0.545. The second-order valence-electron chi connectivity index (χ2n) is 2.76. The highest BCUT2D eigenvalue weighted by molar-refractivity contribution is 6.34. The maximum atomic E-state index is 5.92. The molecule has 0 spiro atoms. The average Bonchev–Trinajstić information content (AvgIpc) is 2.79. The van der Waals surface area contributed by atoms with E-state index >= 15 is 0 Å². The van der Waals surface area contributed by atoms with Crippen molar-refractivity contribution in [3.63, 3.8) is 0 Å². The smallest absolute Gasteiger partial charge is 0.130 e. The molecule has 0 saturated carbocycles. The van der Waals surface area contributed by atoms with Crippen molar-refractivity contribution in [2.45, 2.75) is 12.5 Å². The molecule has 1 aliphatic heterocycles. The molecule has 1 aliphatic rings. The summed E-state index contributed by atoms with van der Waals surface area (Å²) in [4.78, 5) is 3.95. The fourth-order valence-electron chi connectivity index (χ4n) is 1.02. The third-order valence-electron chi connectivity index (χ3n) is 1.75. The van der Waals surface area contributed by atoms with E-state index in [0.717, 1.165) is 18.6 Å². The molecule has 0 bridgehead atoms. The number of rotatable bonds is 2. The van der Waals surface area contributed by atoms with Crippen molar-refractivity contribution in [3.05, 3.63) is 28.0 Å². The van der Waals surface area contributed by atoms with Crippen molar-refractivity contribution < 1.29 is 4.74 Å². The Morgan fingerprint density at radius 3 is 2.92 bits per heavy atom. The molecule has 64 valence electrons. The maximum Gasteiger partial charge on any atom is 0.130 e. The van der Waals surface area contributed by atoms with Crippen LogP contribution in [0.15, 0.2) is 12.3 Å². The minimum atomic E-state index is 0.338. The van der Waals surface area contributed by atoms with Crippen molar-refractivity contribution in [1.29, 1.82) is 0 Å². The van der Waals surface area contributed by atoms with Crippen molar-refractivity contribution in [1.82, 2.24) is 4.98 Å². The van der Waals surface area contributed by atoms with E-state index in [2.05, 4.69) is 4.98 Å². The van der Waals surface area contributed by atoms with E-state index < -0.39 is 0 Å². The first kappa shape index (κ1) is 8.30. The van der Waals surface area contributed by atoms with Crippen LogP contribution in [0.2, 0.25) is 10.2 Å². The predicted octanol–water partition coefficient (Wildman–Crippen LogP) is 2.33. The Hall–Kier alpha value is -0.310.